The number of piperidine rings is 2. The van der Waals surface area contributed by atoms with Gasteiger partial charge >= 0.3 is 0 Å². The highest BCUT2D eigenvalue weighted by molar-refractivity contribution is 6.05. The van der Waals surface area contributed by atoms with Crippen LogP contribution in [-0.4, -0.2) is 81.9 Å². The minimum Gasteiger partial charge on any atom is -0.496 e. The van der Waals surface area contributed by atoms with Crippen molar-refractivity contribution >= 4 is 34.2 Å². The van der Waals surface area contributed by atoms with Crippen molar-refractivity contribution in [3.8, 4) is 16.9 Å². The van der Waals surface area contributed by atoms with Crippen LogP contribution in [0.15, 0.2) is 53.6 Å². The Labute approximate surface area is 295 Å². The molecule has 264 valence electrons. The second-order valence-electron chi connectivity index (χ2n) is 14.5. The van der Waals surface area contributed by atoms with Gasteiger partial charge in [-0.3, -0.25) is 34.4 Å². The smallest absolute Gasteiger partial charge is 0.257 e. The minimum atomic E-state index is -0.607. The number of carbonyl (C=O) groups is 3. The van der Waals surface area contributed by atoms with E-state index >= 15 is 0 Å². The van der Waals surface area contributed by atoms with Gasteiger partial charge in [0.25, 0.3) is 11.5 Å². The molecule has 3 N–H and O–H groups in total. The lowest BCUT2D eigenvalue weighted by Crippen LogP contribution is -2.60. The molecule has 0 radical (unpaired) electrons. The van der Waals surface area contributed by atoms with Gasteiger partial charge in [-0.05, 0) is 85.1 Å². The fraction of sp³-hybridized carbons (Fsp3) is 0.410. The van der Waals surface area contributed by atoms with Crippen molar-refractivity contribution in [1.29, 1.82) is 0 Å². The van der Waals surface area contributed by atoms with Crippen LogP contribution in [0.5, 0.6) is 5.75 Å². The van der Waals surface area contributed by atoms with Crippen LogP contribution in [-0.2, 0) is 35.7 Å². The molecule has 0 aliphatic carbocycles. The van der Waals surface area contributed by atoms with Crippen LogP contribution >= 0.6 is 0 Å². The van der Waals surface area contributed by atoms with Gasteiger partial charge in [0.1, 0.15) is 11.8 Å². The van der Waals surface area contributed by atoms with Crippen LogP contribution in [0.3, 0.4) is 0 Å². The van der Waals surface area contributed by atoms with Crippen LogP contribution in [0.1, 0.15) is 65.3 Å². The van der Waals surface area contributed by atoms with Gasteiger partial charge in [-0.1, -0.05) is 19.1 Å². The van der Waals surface area contributed by atoms with Gasteiger partial charge in [-0.2, -0.15) is 0 Å². The number of fused-ring (bicyclic) bond motifs is 2. The molecular formula is C39H42N6O6. The summed E-state index contributed by atoms with van der Waals surface area (Å²) in [5.74, 6) is 0.00722. The lowest BCUT2D eigenvalue weighted by atomic mass is 9.71. The third kappa shape index (κ3) is 5.85. The normalized spacial score (nSPS) is 20.1. The number of nitrogens with zero attached hydrogens (tertiary/aromatic N) is 4. The van der Waals surface area contributed by atoms with E-state index < -0.39 is 6.04 Å². The molecule has 3 fully saturated rings. The number of H-pyrrole nitrogens is 1. The Morgan fingerprint density at radius 3 is 2.55 bits per heavy atom. The monoisotopic (exact) mass is 690 g/mol. The predicted molar refractivity (Wildman–Crippen MR) is 191 cm³/mol. The number of hydrogen-bond acceptors (Lipinski definition) is 9. The summed E-state index contributed by atoms with van der Waals surface area (Å²) in [5, 5.41) is 13.3. The summed E-state index contributed by atoms with van der Waals surface area (Å²) in [4.78, 5) is 63.5. The molecule has 1 unspecified atom stereocenters. The van der Waals surface area contributed by atoms with Crippen LogP contribution < -0.4 is 20.5 Å². The summed E-state index contributed by atoms with van der Waals surface area (Å²) in [7, 11) is 1.70. The van der Waals surface area contributed by atoms with Crippen LogP contribution in [0.4, 0.5) is 5.69 Å². The van der Waals surface area contributed by atoms with Crippen molar-refractivity contribution in [2.75, 3.05) is 38.2 Å². The first-order valence-corrected chi connectivity index (χ1v) is 17.8. The molecule has 12 heteroatoms. The van der Waals surface area contributed by atoms with E-state index in [1.807, 2.05) is 18.2 Å². The maximum absolute atomic E-state index is 13.4. The number of likely N-dealkylation sites (tertiary alicyclic amines) is 1. The van der Waals surface area contributed by atoms with Gasteiger partial charge in [0.15, 0.2) is 0 Å². The Morgan fingerprint density at radius 1 is 1.02 bits per heavy atom. The Hall–Kier alpha value is -5.07. The van der Waals surface area contributed by atoms with Gasteiger partial charge in [0.2, 0.25) is 11.8 Å². The number of aliphatic hydroxyl groups excluding tert-OH is 1. The second-order valence-corrected chi connectivity index (χ2v) is 14.5. The fourth-order valence-electron chi connectivity index (χ4n) is 8.47. The zero-order valence-corrected chi connectivity index (χ0v) is 29.0. The highest BCUT2D eigenvalue weighted by Gasteiger charge is 2.46. The number of imide groups is 1. The molecule has 3 amide bonds. The van der Waals surface area contributed by atoms with E-state index in [2.05, 4.69) is 44.1 Å². The molecular weight excluding hydrogens is 648 g/mol. The Morgan fingerprint density at radius 2 is 1.82 bits per heavy atom. The molecule has 0 saturated carbocycles. The third-order valence-electron chi connectivity index (χ3n) is 11.4. The first-order valence-electron chi connectivity index (χ1n) is 17.8. The molecule has 4 aliphatic rings. The summed E-state index contributed by atoms with van der Waals surface area (Å²) in [6, 6.07) is 11.5. The van der Waals surface area contributed by atoms with E-state index in [-0.39, 0.29) is 41.7 Å². The number of nitrogens with one attached hydrogen (secondary N) is 2. The largest absolute Gasteiger partial charge is 0.496 e. The lowest BCUT2D eigenvalue weighted by Gasteiger charge is -2.55. The number of methoxy groups -OCH3 is 1. The molecule has 8 rings (SSSR count). The van der Waals surface area contributed by atoms with Gasteiger partial charge in [0.05, 0.1) is 24.8 Å². The average molecular weight is 691 g/mol. The quantitative estimate of drug-likeness (QED) is 0.236. The third-order valence-corrected chi connectivity index (χ3v) is 11.4. The van der Waals surface area contributed by atoms with Crippen molar-refractivity contribution in [1.82, 2.24) is 25.1 Å². The van der Waals surface area contributed by atoms with Crippen LogP contribution in [0.2, 0.25) is 0 Å². The maximum atomic E-state index is 13.4. The molecule has 51 heavy (non-hydrogen) atoms. The zero-order chi connectivity index (χ0) is 35.4. The molecule has 2 aromatic carbocycles. The number of amides is 3. The Kier molecular flexibility index (Phi) is 8.38. The van der Waals surface area contributed by atoms with E-state index in [0.717, 1.165) is 85.5 Å². The second kappa shape index (κ2) is 12.9. The van der Waals surface area contributed by atoms with E-state index in [9.17, 15) is 24.3 Å². The van der Waals surface area contributed by atoms with Gasteiger partial charge in [-0.25, -0.2) is 0 Å². The Balaban J connectivity index is 0.931. The predicted octanol–water partition coefficient (Wildman–Crippen LogP) is 3.52. The summed E-state index contributed by atoms with van der Waals surface area (Å²) in [5.41, 5.74) is 7.31. The molecule has 3 saturated heterocycles. The SMILES string of the molecule is CCc1cc(-c2c[nH]c(=O)c3cnc(CO)cc23)cc(OC)c1CN1CCC2(CC1)CN(c1ccc3c(c1)C(=O)N(C1CCC(=O)NC1=O)C3)C2. The standard InChI is InChI=1S/C39H42N6O6/c1-3-23-12-25(30-16-41-36(48)31-17-40-26(20-46)14-29(30)31)13-34(51-2)32(23)19-43-10-8-39(9-11-43)21-44(22-39)27-5-4-24-18-45(38(50)28(24)15-27)33-6-7-35(47)42-37(33)49/h4-5,12-17,33,46H,3,6-11,18-22H2,1-2H3,(H,41,48)(H,42,47,49). The lowest BCUT2D eigenvalue weighted by molar-refractivity contribution is -0.136. The minimum absolute atomic E-state index is 0.139. The topological polar surface area (TPSA) is 148 Å². The molecule has 6 heterocycles. The van der Waals surface area contributed by atoms with Crippen molar-refractivity contribution in [3.63, 3.8) is 0 Å². The van der Waals surface area contributed by atoms with E-state index in [4.69, 9.17) is 4.74 Å². The molecule has 4 aliphatic heterocycles. The number of hydrogen-bond donors (Lipinski definition) is 3. The van der Waals surface area contributed by atoms with Crippen LogP contribution in [0, 0.1) is 5.41 Å². The number of aliphatic hydroxyl groups is 1. The maximum Gasteiger partial charge on any atom is 0.257 e. The van der Waals surface area contributed by atoms with E-state index in [1.54, 1.807) is 24.3 Å². The Bertz CT molecular complexity index is 2100. The van der Waals surface area contributed by atoms with Gasteiger partial charge < -0.3 is 24.6 Å². The van der Waals surface area contributed by atoms with Gasteiger partial charge in [-0.15, -0.1) is 0 Å². The van der Waals surface area contributed by atoms with Gasteiger partial charge in [0, 0.05) is 72.8 Å². The molecule has 1 spiro atoms. The number of benzene rings is 2. The number of anilines is 1. The number of carbonyl (C=O) groups excluding carboxylic acids is 3. The first kappa shape index (κ1) is 33.1. The molecule has 1 atom stereocenters. The molecule has 0 bridgehead atoms. The summed E-state index contributed by atoms with van der Waals surface area (Å²) >= 11 is 0. The number of rotatable bonds is 8. The van der Waals surface area contributed by atoms with E-state index in [1.165, 1.54) is 17.3 Å². The van der Waals surface area contributed by atoms with Crippen molar-refractivity contribution in [2.24, 2.45) is 5.41 Å². The number of pyridine rings is 2. The highest BCUT2D eigenvalue weighted by Crippen LogP contribution is 2.44. The number of aromatic amines is 1. The first-order chi connectivity index (χ1) is 24.7. The van der Waals surface area contributed by atoms with E-state index in [0.29, 0.717) is 29.6 Å². The van der Waals surface area contributed by atoms with Crippen molar-refractivity contribution < 1.29 is 24.2 Å². The fourth-order valence-corrected chi connectivity index (χ4v) is 8.47. The highest BCUT2D eigenvalue weighted by atomic mass is 16.5. The molecule has 4 aromatic rings. The molecule has 2 aromatic heterocycles. The zero-order valence-electron chi connectivity index (χ0n) is 29.0. The van der Waals surface area contributed by atoms with Crippen LogP contribution in [0.25, 0.3) is 21.9 Å². The molecule has 12 nitrogen and oxygen atoms in total. The number of ether oxygens (including phenoxy) is 1. The van der Waals surface area contributed by atoms with Crippen molar-refractivity contribution in [3.05, 3.63) is 87.1 Å². The summed E-state index contributed by atoms with van der Waals surface area (Å²) in [6.45, 7) is 6.97. The van der Waals surface area contributed by atoms with Crippen molar-refractivity contribution in [2.45, 2.75) is 64.8 Å². The number of aryl methyl sites for hydroxylation is 1. The number of aromatic nitrogens is 2. The summed E-state index contributed by atoms with van der Waals surface area (Å²) in [6.07, 6.45) is 6.85. The average Bonchev–Trinajstić information content (AvgIpc) is 3.45. The summed E-state index contributed by atoms with van der Waals surface area (Å²) < 4.78 is 5.98.